The molecule has 0 saturated carbocycles. The molecule has 2 heterocycles. The van der Waals surface area contributed by atoms with Gasteiger partial charge in [-0.2, -0.15) is 0 Å². The van der Waals surface area contributed by atoms with Gasteiger partial charge in [-0.05, 0) is 50.6 Å². The zero-order valence-electron chi connectivity index (χ0n) is 11.1. The molecule has 17 heavy (non-hydrogen) atoms. The highest BCUT2D eigenvalue weighted by Gasteiger charge is 2.25. The number of rotatable bonds is 4. The van der Waals surface area contributed by atoms with E-state index in [1.54, 1.807) is 0 Å². The number of nitrogens with zero attached hydrogens (tertiary/aromatic N) is 1. The van der Waals surface area contributed by atoms with Crippen LogP contribution in [-0.4, -0.2) is 35.2 Å². The molecule has 96 valence electrons. The van der Waals surface area contributed by atoms with Crippen LogP contribution in [0.25, 0.3) is 0 Å². The van der Waals surface area contributed by atoms with Crippen LogP contribution in [0.1, 0.15) is 39.5 Å². The molecule has 1 N–H and O–H groups in total. The van der Waals surface area contributed by atoms with Gasteiger partial charge in [-0.1, -0.05) is 25.2 Å². The molecule has 0 spiro atoms. The molecule has 0 aliphatic carbocycles. The minimum absolute atomic E-state index is 0.166. The first-order chi connectivity index (χ1) is 8.15. The van der Waals surface area contributed by atoms with Gasteiger partial charge in [0.2, 0.25) is 0 Å². The van der Waals surface area contributed by atoms with Gasteiger partial charge in [-0.3, -0.25) is 4.90 Å². The van der Waals surface area contributed by atoms with Crippen molar-refractivity contribution in [2.45, 2.75) is 51.7 Å². The fourth-order valence-corrected chi connectivity index (χ4v) is 2.85. The molecule has 1 saturated heterocycles. The Balaban J connectivity index is 1.87. The van der Waals surface area contributed by atoms with Crippen molar-refractivity contribution < 1.29 is 5.11 Å². The van der Waals surface area contributed by atoms with Crippen LogP contribution in [0.5, 0.6) is 0 Å². The topological polar surface area (TPSA) is 23.5 Å². The summed E-state index contributed by atoms with van der Waals surface area (Å²) in [6.45, 7) is 6.50. The Morgan fingerprint density at radius 3 is 3.06 bits per heavy atom. The van der Waals surface area contributed by atoms with Crippen LogP contribution in [0.4, 0.5) is 0 Å². The van der Waals surface area contributed by atoms with E-state index in [0.717, 1.165) is 19.4 Å². The second-order valence-corrected chi connectivity index (χ2v) is 5.68. The second kappa shape index (κ2) is 5.83. The second-order valence-electron chi connectivity index (χ2n) is 5.68. The molecular formula is C15H25NO. The van der Waals surface area contributed by atoms with Crippen molar-refractivity contribution in [2.24, 2.45) is 5.92 Å². The maximum atomic E-state index is 9.29. The lowest BCUT2D eigenvalue weighted by Gasteiger charge is -2.27. The van der Waals surface area contributed by atoms with Gasteiger partial charge in [-0.15, -0.1) is 0 Å². The van der Waals surface area contributed by atoms with E-state index in [9.17, 15) is 5.11 Å². The van der Waals surface area contributed by atoms with E-state index in [0.29, 0.717) is 12.0 Å². The van der Waals surface area contributed by atoms with Crippen LogP contribution < -0.4 is 0 Å². The largest absolute Gasteiger partial charge is 0.393 e. The predicted octanol–water partition coefficient (Wildman–Crippen LogP) is 2.74. The van der Waals surface area contributed by atoms with Crippen molar-refractivity contribution in [1.82, 2.24) is 4.90 Å². The van der Waals surface area contributed by atoms with Crippen molar-refractivity contribution in [3.05, 3.63) is 23.8 Å². The molecule has 0 aromatic carbocycles. The summed E-state index contributed by atoms with van der Waals surface area (Å²) in [5, 5.41) is 9.29. The Kier molecular flexibility index (Phi) is 4.41. The highest BCUT2D eigenvalue weighted by Crippen LogP contribution is 2.25. The maximum Gasteiger partial charge on any atom is 0.0512 e. The zero-order valence-corrected chi connectivity index (χ0v) is 11.1. The molecule has 0 unspecified atom stereocenters. The molecule has 2 rings (SSSR count). The van der Waals surface area contributed by atoms with Gasteiger partial charge in [0, 0.05) is 12.6 Å². The molecule has 2 heteroatoms. The number of fused-ring (bicyclic) bond motifs is 1. The molecular weight excluding hydrogens is 210 g/mol. The monoisotopic (exact) mass is 235 g/mol. The molecule has 3 atom stereocenters. The summed E-state index contributed by atoms with van der Waals surface area (Å²) in [5.74, 6) is 0.573. The van der Waals surface area contributed by atoms with Gasteiger partial charge in [0.15, 0.2) is 0 Å². The Morgan fingerprint density at radius 2 is 2.29 bits per heavy atom. The summed E-state index contributed by atoms with van der Waals surface area (Å²) in [4.78, 5) is 2.58. The highest BCUT2D eigenvalue weighted by atomic mass is 16.3. The third kappa shape index (κ3) is 3.68. The van der Waals surface area contributed by atoms with E-state index in [-0.39, 0.29) is 6.10 Å². The first-order valence-corrected chi connectivity index (χ1v) is 6.96. The van der Waals surface area contributed by atoms with Gasteiger partial charge in [0.05, 0.1) is 6.10 Å². The third-order valence-electron chi connectivity index (χ3n) is 3.87. The van der Waals surface area contributed by atoms with Gasteiger partial charge in [0.25, 0.3) is 0 Å². The van der Waals surface area contributed by atoms with E-state index in [1.807, 2.05) is 6.92 Å². The van der Waals surface area contributed by atoms with Crippen molar-refractivity contribution in [1.29, 1.82) is 0 Å². The number of aliphatic hydroxyl groups is 1. The van der Waals surface area contributed by atoms with Gasteiger partial charge < -0.3 is 5.11 Å². The van der Waals surface area contributed by atoms with Crippen LogP contribution in [0.3, 0.4) is 0 Å². The SMILES string of the molecule is C[C@H](O)CC[C@@H](C)/C=C1/C=C[C@@H]2CCCN2C1. The average Bonchev–Trinajstić information content (AvgIpc) is 2.73. The maximum absolute atomic E-state index is 9.29. The van der Waals surface area contributed by atoms with Crippen molar-refractivity contribution in [3.63, 3.8) is 0 Å². The molecule has 0 aromatic heterocycles. The Bertz CT molecular complexity index is 306. The fourth-order valence-electron chi connectivity index (χ4n) is 2.85. The van der Waals surface area contributed by atoms with E-state index >= 15 is 0 Å². The summed E-state index contributed by atoms with van der Waals surface area (Å²) >= 11 is 0. The average molecular weight is 235 g/mol. The fraction of sp³-hybridized carbons (Fsp3) is 0.733. The standard InChI is InChI=1S/C15H25NO/c1-12(5-6-13(2)17)10-14-7-8-15-4-3-9-16(15)11-14/h7-8,10,12-13,15,17H,3-6,9,11H2,1-2H3/b14-10-/t12-,13+,15+/m1/s1. The minimum Gasteiger partial charge on any atom is -0.393 e. The van der Waals surface area contributed by atoms with Crippen LogP contribution in [0.15, 0.2) is 23.8 Å². The lowest BCUT2D eigenvalue weighted by atomic mass is 9.98. The Hall–Kier alpha value is -0.600. The Morgan fingerprint density at radius 1 is 1.47 bits per heavy atom. The molecule has 0 radical (unpaired) electrons. The normalized spacial score (nSPS) is 30.5. The lowest BCUT2D eigenvalue weighted by Crippen LogP contribution is -2.32. The summed E-state index contributed by atoms with van der Waals surface area (Å²) in [5.41, 5.74) is 1.46. The van der Waals surface area contributed by atoms with Gasteiger partial charge in [0.1, 0.15) is 0 Å². The molecule has 2 aliphatic heterocycles. The summed E-state index contributed by atoms with van der Waals surface area (Å²) in [7, 11) is 0. The molecule has 0 amide bonds. The minimum atomic E-state index is -0.166. The summed E-state index contributed by atoms with van der Waals surface area (Å²) in [6, 6.07) is 0.708. The predicted molar refractivity (Wildman–Crippen MR) is 71.9 cm³/mol. The number of hydrogen-bond acceptors (Lipinski definition) is 2. The summed E-state index contributed by atoms with van der Waals surface area (Å²) in [6.07, 6.45) is 11.6. The molecule has 0 bridgehead atoms. The summed E-state index contributed by atoms with van der Waals surface area (Å²) < 4.78 is 0. The zero-order chi connectivity index (χ0) is 12.3. The number of aliphatic hydroxyl groups excluding tert-OH is 1. The number of allylic oxidation sites excluding steroid dienone is 1. The first-order valence-electron chi connectivity index (χ1n) is 6.96. The van der Waals surface area contributed by atoms with Crippen LogP contribution in [0, 0.1) is 5.92 Å². The van der Waals surface area contributed by atoms with Crippen LogP contribution in [-0.2, 0) is 0 Å². The molecule has 2 aliphatic rings. The quantitative estimate of drug-likeness (QED) is 0.810. The molecule has 2 nitrogen and oxygen atoms in total. The van der Waals surface area contributed by atoms with Crippen LogP contribution >= 0.6 is 0 Å². The van der Waals surface area contributed by atoms with Gasteiger partial charge >= 0.3 is 0 Å². The van der Waals surface area contributed by atoms with Crippen molar-refractivity contribution in [2.75, 3.05) is 13.1 Å². The third-order valence-corrected chi connectivity index (χ3v) is 3.87. The van der Waals surface area contributed by atoms with E-state index < -0.39 is 0 Å². The van der Waals surface area contributed by atoms with E-state index in [2.05, 4.69) is 30.1 Å². The van der Waals surface area contributed by atoms with Crippen molar-refractivity contribution >= 4 is 0 Å². The number of hydrogen-bond donors (Lipinski definition) is 1. The van der Waals surface area contributed by atoms with Gasteiger partial charge in [-0.25, -0.2) is 0 Å². The van der Waals surface area contributed by atoms with E-state index in [1.165, 1.54) is 25.0 Å². The van der Waals surface area contributed by atoms with Crippen LogP contribution in [0.2, 0.25) is 0 Å². The smallest absolute Gasteiger partial charge is 0.0512 e. The van der Waals surface area contributed by atoms with Crippen molar-refractivity contribution in [3.8, 4) is 0 Å². The molecule has 0 aromatic rings. The first kappa shape index (κ1) is 12.8. The van der Waals surface area contributed by atoms with E-state index in [4.69, 9.17) is 0 Å². The Labute approximate surface area is 105 Å². The highest BCUT2D eigenvalue weighted by molar-refractivity contribution is 5.27. The lowest BCUT2D eigenvalue weighted by molar-refractivity contribution is 0.177. The molecule has 1 fully saturated rings.